The van der Waals surface area contributed by atoms with E-state index in [1.807, 2.05) is 0 Å². The summed E-state index contributed by atoms with van der Waals surface area (Å²) in [6.07, 6.45) is 0. The quantitative estimate of drug-likeness (QED) is 0.900. The number of carboxylic acid groups (broad SMARTS) is 1. The van der Waals surface area contributed by atoms with Gasteiger partial charge in [0, 0.05) is 13.6 Å². The number of sulfonamides is 1. The molecule has 0 aliphatic rings. The molecule has 0 saturated heterocycles. The first-order valence-electron chi connectivity index (χ1n) is 5.30. The molecule has 1 N–H and O–H groups in total. The molecule has 0 aliphatic heterocycles. The van der Waals surface area contributed by atoms with Crippen LogP contribution >= 0.6 is 11.6 Å². The average molecular weight is 310 g/mol. The second-order valence-electron chi connectivity index (χ2n) is 4.10. The van der Waals surface area contributed by atoms with Gasteiger partial charge in [-0.25, -0.2) is 17.1 Å². The van der Waals surface area contributed by atoms with E-state index in [-0.39, 0.29) is 16.5 Å². The number of hydrogen-bond donors (Lipinski definition) is 1. The largest absolute Gasteiger partial charge is 0.481 e. The van der Waals surface area contributed by atoms with Crippen molar-refractivity contribution in [3.63, 3.8) is 0 Å². The van der Waals surface area contributed by atoms with Crippen LogP contribution in [0.4, 0.5) is 4.39 Å². The van der Waals surface area contributed by atoms with Crippen LogP contribution in [0.2, 0.25) is 5.02 Å². The molecule has 0 saturated carbocycles. The monoisotopic (exact) mass is 309 g/mol. The molecule has 19 heavy (non-hydrogen) atoms. The van der Waals surface area contributed by atoms with Crippen LogP contribution < -0.4 is 0 Å². The molecule has 0 amide bonds. The van der Waals surface area contributed by atoms with E-state index in [1.165, 1.54) is 14.0 Å². The fourth-order valence-electron chi connectivity index (χ4n) is 1.41. The summed E-state index contributed by atoms with van der Waals surface area (Å²) in [5.41, 5.74) is 0. The van der Waals surface area contributed by atoms with Gasteiger partial charge in [0.15, 0.2) is 0 Å². The maximum Gasteiger partial charge on any atom is 0.307 e. The predicted octanol–water partition coefficient (Wildman–Crippen LogP) is 1.82. The van der Waals surface area contributed by atoms with Crippen molar-refractivity contribution in [2.24, 2.45) is 5.92 Å². The SMILES string of the molecule is CC(CN(C)S(=O)(=O)c1ccc(F)cc1Cl)C(=O)O. The van der Waals surface area contributed by atoms with Gasteiger partial charge in [-0.05, 0) is 18.2 Å². The highest BCUT2D eigenvalue weighted by atomic mass is 35.5. The van der Waals surface area contributed by atoms with Gasteiger partial charge < -0.3 is 5.11 Å². The van der Waals surface area contributed by atoms with Gasteiger partial charge in [-0.15, -0.1) is 0 Å². The molecule has 5 nitrogen and oxygen atoms in total. The summed E-state index contributed by atoms with van der Waals surface area (Å²) in [5.74, 6) is -2.61. The Morgan fingerprint density at radius 1 is 1.53 bits per heavy atom. The van der Waals surface area contributed by atoms with Gasteiger partial charge in [0.1, 0.15) is 10.7 Å². The van der Waals surface area contributed by atoms with Gasteiger partial charge in [0.25, 0.3) is 0 Å². The minimum Gasteiger partial charge on any atom is -0.481 e. The van der Waals surface area contributed by atoms with Crippen LogP contribution in [0.25, 0.3) is 0 Å². The third-order valence-electron chi connectivity index (χ3n) is 2.53. The van der Waals surface area contributed by atoms with Crippen molar-refractivity contribution in [2.45, 2.75) is 11.8 Å². The summed E-state index contributed by atoms with van der Waals surface area (Å²) in [4.78, 5) is 10.5. The van der Waals surface area contributed by atoms with Crippen LogP contribution in [0.1, 0.15) is 6.92 Å². The number of benzene rings is 1. The molecule has 1 aromatic carbocycles. The molecule has 1 atom stereocenters. The Morgan fingerprint density at radius 2 is 2.11 bits per heavy atom. The molecule has 106 valence electrons. The molecule has 0 fully saturated rings. The first-order chi connectivity index (χ1) is 8.66. The van der Waals surface area contributed by atoms with E-state index in [0.717, 1.165) is 22.5 Å². The van der Waals surface area contributed by atoms with Crippen molar-refractivity contribution in [1.29, 1.82) is 0 Å². The number of hydrogen-bond acceptors (Lipinski definition) is 3. The maximum absolute atomic E-state index is 12.9. The second-order valence-corrected chi connectivity index (χ2v) is 6.52. The molecule has 1 unspecified atom stereocenters. The third-order valence-corrected chi connectivity index (χ3v) is 4.84. The maximum atomic E-state index is 12.9. The molecule has 1 aromatic rings. The van der Waals surface area contributed by atoms with E-state index < -0.39 is 27.7 Å². The Balaban J connectivity index is 3.06. The molecule has 0 spiro atoms. The van der Waals surface area contributed by atoms with Gasteiger partial charge in [0.2, 0.25) is 10.0 Å². The number of aliphatic carboxylic acids is 1. The summed E-state index contributed by atoms with van der Waals surface area (Å²) in [5, 5.41) is 8.52. The van der Waals surface area contributed by atoms with E-state index in [0.29, 0.717) is 0 Å². The predicted molar refractivity (Wildman–Crippen MR) is 68.0 cm³/mol. The molecule has 1 rings (SSSR count). The smallest absolute Gasteiger partial charge is 0.307 e. The molecular formula is C11H13ClFNO4S. The minimum absolute atomic E-state index is 0.203. The van der Waals surface area contributed by atoms with Crippen LogP contribution in [0, 0.1) is 11.7 Å². The zero-order valence-electron chi connectivity index (χ0n) is 10.3. The number of carboxylic acids is 1. The Morgan fingerprint density at radius 3 is 2.58 bits per heavy atom. The topological polar surface area (TPSA) is 74.7 Å². The third kappa shape index (κ3) is 3.65. The van der Waals surface area contributed by atoms with E-state index in [9.17, 15) is 17.6 Å². The van der Waals surface area contributed by atoms with Crippen molar-refractivity contribution in [1.82, 2.24) is 4.31 Å². The van der Waals surface area contributed by atoms with E-state index in [4.69, 9.17) is 16.7 Å². The van der Waals surface area contributed by atoms with Crippen molar-refractivity contribution in [3.8, 4) is 0 Å². The fraction of sp³-hybridized carbons (Fsp3) is 0.364. The highest BCUT2D eigenvalue weighted by molar-refractivity contribution is 7.89. The van der Waals surface area contributed by atoms with Crippen LogP contribution in [0.3, 0.4) is 0 Å². The highest BCUT2D eigenvalue weighted by Crippen LogP contribution is 2.25. The van der Waals surface area contributed by atoms with Crippen molar-refractivity contribution < 1.29 is 22.7 Å². The standard InChI is InChI=1S/C11H13ClFNO4S/c1-7(11(15)16)6-14(2)19(17,18)10-4-3-8(13)5-9(10)12/h3-5,7H,6H2,1-2H3,(H,15,16). The average Bonchev–Trinajstić information content (AvgIpc) is 2.27. The zero-order valence-corrected chi connectivity index (χ0v) is 11.9. The highest BCUT2D eigenvalue weighted by Gasteiger charge is 2.26. The van der Waals surface area contributed by atoms with Crippen LogP contribution in [-0.4, -0.2) is 37.4 Å². The molecule has 0 aliphatic carbocycles. The van der Waals surface area contributed by atoms with E-state index in [2.05, 4.69) is 0 Å². The van der Waals surface area contributed by atoms with Crippen molar-refractivity contribution in [2.75, 3.05) is 13.6 Å². The molecule has 0 aromatic heterocycles. The van der Waals surface area contributed by atoms with Gasteiger partial charge in [0.05, 0.1) is 10.9 Å². The van der Waals surface area contributed by atoms with E-state index in [1.54, 1.807) is 0 Å². The summed E-state index contributed by atoms with van der Waals surface area (Å²) < 4.78 is 38.1. The second kappa shape index (κ2) is 5.85. The van der Waals surface area contributed by atoms with Crippen molar-refractivity contribution in [3.05, 3.63) is 29.0 Å². The Hall–Kier alpha value is -1.18. The van der Waals surface area contributed by atoms with Gasteiger partial charge >= 0.3 is 5.97 Å². The Labute approximate surface area is 115 Å². The van der Waals surface area contributed by atoms with Gasteiger partial charge in [-0.3, -0.25) is 4.79 Å². The van der Waals surface area contributed by atoms with Crippen LogP contribution in [0.15, 0.2) is 23.1 Å². The Kier molecular flexibility index (Phi) is 4.89. The first-order valence-corrected chi connectivity index (χ1v) is 7.12. The number of carbonyl (C=O) groups is 1. The molecule has 0 radical (unpaired) electrons. The fourth-order valence-corrected chi connectivity index (χ4v) is 3.17. The van der Waals surface area contributed by atoms with Crippen LogP contribution in [-0.2, 0) is 14.8 Å². The summed E-state index contributed by atoms with van der Waals surface area (Å²) in [7, 11) is -2.70. The summed E-state index contributed by atoms with van der Waals surface area (Å²) in [6.45, 7) is 1.19. The minimum atomic E-state index is -3.94. The molecule has 8 heteroatoms. The van der Waals surface area contributed by atoms with Crippen LogP contribution in [0.5, 0.6) is 0 Å². The molecule has 0 heterocycles. The number of nitrogens with zero attached hydrogens (tertiary/aromatic N) is 1. The van der Waals surface area contributed by atoms with Gasteiger partial charge in [-0.1, -0.05) is 18.5 Å². The molecule has 0 bridgehead atoms. The van der Waals surface area contributed by atoms with Gasteiger partial charge in [-0.2, -0.15) is 0 Å². The normalized spacial score (nSPS) is 13.5. The number of rotatable bonds is 5. The molecular weight excluding hydrogens is 297 g/mol. The lowest BCUT2D eigenvalue weighted by molar-refractivity contribution is -0.141. The Bertz CT molecular complexity index is 590. The number of halogens is 2. The first kappa shape index (κ1) is 15.9. The van der Waals surface area contributed by atoms with E-state index >= 15 is 0 Å². The summed E-state index contributed by atoms with van der Waals surface area (Å²) >= 11 is 5.70. The lowest BCUT2D eigenvalue weighted by atomic mass is 10.2. The summed E-state index contributed by atoms with van der Waals surface area (Å²) in [6, 6.07) is 2.92. The lowest BCUT2D eigenvalue weighted by Gasteiger charge is -2.19. The lowest BCUT2D eigenvalue weighted by Crippen LogP contribution is -2.33. The van der Waals surface area contributed by atoms with Crippen molar-refractivity contribution >= 4 is 27.6 Å². The zero-order chi connectivity index (χ0) is 14.8.